The molecule has 0 amide bonds. The van der Waals surface area contributed by atoms with Crippen LogP contribution in [0.15, 0.2) is 36.4 Å². The highest BCUT2D eigenvalue weighted by molar-refractivity contribution is 6.30. The predicted molar refractivity (Wildman–Crippen MR) is 73.2 cm³/mol. The van der Waals surface area contributed by atoms with E-state index in [1.54, 1.807) is 36.4 Å². The summed E-state index contributed by atoms with van der Waals surface area (Å²) in [6, 6.07) is 10.4. The molecule has 2 aromatic rings. The van der Waals surface area contributed by atoms with Crippen molar-refractivity contribution >= 4 is 23.5 Å². The highest BCUT2D eigenvalue weighted by Gasteiger charge is 2.10. The summed E-state index contributed by atoms with van der Waals surface area (Å²) in [4.78, 5) is 21.5. The van der Waals surface area contributed by atoms with Crippen LogP contribution in [0.5, 0.6) is 0 Å². The molecule has 0 spiro atoms. The first-order valence-corrected chi connectivity index (χ1v) is 6.69. The zero-order valence-electron chi connectivity index (χ0n) is 11.0. The van der Waals surface area contributed by atoms with Crippen LogP contribution in [0.25, 0.3) is 11.3 Å². The maximum Gasteiger partial charge on any atom is 0.0624 e. The number of hydrogen-bond acceptors (Lipinski definition) is 4. The van der Waals surface area contributed by atoms with Gasteiger partial charge in [-0.2, -0.15) is 0 Å². The number of rotatable bonds is 6. The Morgan fingerprint density at radius 1 is 1.00 bits per heavy atom. The third-order valence-corrected chi connectivity index (χ3v) is 3.34. The SMILES string of the molecule is O=C([O-])CCc1ccc(-c2ccc(Cl)cc2)n1CC(=O)[O-]. The fourth-order valence-electron chi connectivity index (χ4n) is 2.15. The van der Waals surface area contributed by atoms with E-state index in [1.165, 1.54) is 4.57 Å². The quantitative estimate of drug-likeness (QED) is 0.765. The van der Waals surface area contributed by atoms with Crippen LogP contribution in [0.3, 0.4) is 0 Å². The lowest BCUT2D eigenvalue weighted by atomic mass is 10.1. The van der Waals surface area contributed by atoms with Gasteiger partial charge in [-0.05, 0) is 42.7 Å². The van der Waals surface area contributed by atoms with Gasteiger partial charge in [0.05, 0.1) is 12.5 Å². The van der Waals surface area contributed by atoms with Gasteiger partial charge in [0.15, 0.2) is 0 Å². The topological polar surface area (TPSA) is 85.2 Å². The van der Waals surface area contributed by atoms with E-state index >= 15 is 0 Å². The number of aromatic nitrogens is 1. The van der Waals surface area contributed by atoms with Crippen molar-refractivity contribution in [2.45, 2.75) is 19.4 Å². The van der Waals surface area contributed by atoms with Crippen LogP contribution in [-0.2, 0) is 22.6 Å². The van der Waals surface area contributed by atoms with Gasteiger partial charge in [-0.15, -0.1) is 0 Å². The minimum absolute atomic E-state index is 0.170. The van der Waals surface area contributed by atoms with Gasteiger partial charge in [0.1, 0.15) is 0 Å². The summed E-state index contributed by atoms with van der Waals surface area (Å²) in [6.45, 7) is -0.340. The van der Waals surface area contributed by atoms with Gasteiger partial charge in [0.25, 0.3) is 0 Å². The zero-order chi connectivity index (χ0) is 15.4. The summed E-state index contributed by atoms with van der Waals surface area (Å²) < 4.78 is 1.53. The summed E-state index contributed by atoms with van der Waals surface area (Å²) in [6.07, 6.45) is 0.0281. The molecule has 110 valence electrons. The van der Waals surface area contributed by atoms with Crippen LogP contribution in [-0.4, -0.2) is 16.5 Å². The standard InChI is InChI=1S/C15H14ClNO4/c16-11-3-1-10(2-4-11)13-7-5-12(6-8-14(18)19)17(13)9-15(20)21/h1-5,7H,6,8-9H2,(H,18,19)(H,20,21)/p-2. The number of carboxylic acids is 2. The first kappa shape index (κ1) is 15.1. The zero-order valence-corrected chi connectivity index (χ0v) is 11.8. The molecule has 0 aliphatic rings. The van der Waals surface area contributed by atoms with Crippen molar-refractivity contribution in [1.82, 2.24) is 4.57 Å². The Balaban J connectivity index is 2.38. The molecule has 0 unspecified atom stereocenters. The molecule has 1 aromatic heterocycles. The monoisotopic (exact) mass is 305 g/mol. The van der Waals surface area contributed by atoms with Crippen LogP contribution < -0.4 is 10.2 Å². The number of halogens is 1. The van der Waals surface area contributed by atoms with Crippen LogP contribution >= 0.6 is 11.6 Å². The van der Waals surface area contributed by atoms with E-state index in [9.17, 15) is 19.8 Å². The van der Waals surface area contributed by atoms with Gasteiger partial charge in [-0.1, -0.05) is 23.7 Å². The summed E-state index contributed by atoms with van der Waals surface area (Å²) >= 11 is 5.83. The number of carbonyl (C=O) groups excluding carboxylic acids is 2. The Kier molecular flexibility index (Phi) is 4.65. The van der Waals surface area contributed by atoms with Gasteiger partial charge in [-0.25, -0.2) is 0 Å². The van der Waals surface area contributed by atoms with Crippen molar-refractivity contribution in [3.05, 3.63) is 47.1 Å². The van der Waals surface area contributed by atoms with E-state index in [1.807, 2.05) is 0 Å². The lowest BCUT2D eigenvalue weighted by Crippen LogP contribution is -2.29. The number of carbonyl (C=O) groups is 2. The Morgan fingerprint density at radius 3 is 2.24 bits per heavy atom. The second kappa shape index (κ2) is 6.45. The summed E-state index contributed by atoms with van der Waals surface area (Å²) in [7, 11) is 0. The van der Waals surface area contributed by atoms with Crippen molar-refractivity contribution < 1.29 is 19.8 Å². The number of aryl methyl sites for hydroxylation is 1. The van der Waals surface area contributed by atoms with Gasteiger partial charge in [0, 0.05) is 22.4 Å². The molecule has 2 rings (SSSR count). The van der Waals surface area contributed by atoms with Crippen molar-refractivity contribution in [2.24, 2.45) is 0 Å². The molecular weight excluding hydrogens is 294 g/mol. The van der Waals surface area contributed by atoms with Crippen molar-refractivity contribution in [2.75, 3.05) is 0 Å². The van der Waals surface area contributed by atoms with Crippen LogP contribution in [0, 0.1) is 0 Å². The van der Waals surface area contributed by atoms with E-state index in [0.717, 1.165) is 5.56 Å². The number of aliphatic carboxylic acids is 2. The van der Waals surface area contributed by atoms with Crippen LogP contribution in [0.4, 0.5) is 0 Å². The Bertz CT molecular complexity index is 661. The number of carboxylic acid groups (broad SMARTS) is 2. The number of benzene rings is 1. The maximum atomic E-state index is 10.9. The van der Waals surface area contributed by atoms with E-state index in [2.05, 4.69) is 0 Å². The molecule has 21 heavy (non-hydrogen) atoms. The Labute approximate surface area is 126 Å². The molecule has 0 N–H and O–H groups in total. The molecule has 0 aliphatic carbocycles. The third kappa shape index (κ3) is 3.86. The number of nitrogens with zero attached hydrogens (tertiary/aromatic N) is 1. The molecule has 0 bridgehead atoms. The highest BCUT2D eigenvalue weighted by atomic mass is 35.5. The lowest BCUT2D eigenvalue weighted by Gasteiger charge is -2.14. The molecular formula is C15H12ClNO4-2. The van der Waals surface area contributed by atoms with E-state index in [4.69, 9.17) is 11.6 Å². The molecule has 0 saturated carbocycles. The number of hydrogen-bond donors (Lipinski definition) is 0. The van der Waals surface area contributed by atoms with Crippen molar-refractivity contribution in [1.29, 1.82) is 0 Å². The molecule has 6 heteroatoms. The molecule has 1 heterocycles. The average Bonchev–Trinajstić information content (AvgIpc) is 2.79. The third-order valence-electron chi connectivity index (χ3n) is 3.08. The van der Waals surface area contributed by atoms with Gasteiger partial charge in [-0.3, -0.25) is 0 Å². The summed E-state index contributed by atoms with van der Waals surface area (Å²) in [5, 5.41) is 22.0. The van der Waals surface area contributed by atoms with Crippen molar-refractivity contribution in [3.63, 3.8) is 0 Å². The molecule has 1 aromatic carbocycles. The predicted octanol–water partition coefficient (Wildman–Crippen LogP) is 0.241. The van der Waals surface area contributed by atoms with Gasteiger partial charge >= 0.3 is 0 Å². The Morgan fingerprint density at radius 2 is 1.67 bits per heavy atom. The first-order valence-electron chi connectivity index (χ1n) is 6.31. The fourth-order valence-corrected chi connectivity index (χ4v) is 2.27. The highest BCUT2D eigenvalue weighted by Crippen LogP contribution is 2.25. The van der Waals surface area contributed by atoms with E-state index in [-0.39, 0.29) is 19.4 Å². The van der Waals surface area contributed by atoms with Crippen LogP contribution in [0.1, 0.15) is 12.1 Å². The minimum atomic E-state index is -1.24. The second-order valence-electron chi connectivity index (χ2n) is 4.55. The summed E-state index contributed by atoms with van der Waals surface area (Å²) in [5.41, 5.74) is 2.07. The van der Waals surface area contributed by atoms with Crippen molar-refractivity contribution in [3.8, 4) is 11.3 Å². The van der Waals surface area contributed by atoms with E-state index in [0.29, 0.717) is 16.4 Å². The lowest BCUT2D eigenvalue weighted by molar-refractivity contribution is -0.307. The van der Waals surface area contributed by atoms with Gasteiger partial charge < -0.3 is 24.4 Å². The molecule has 0 saturated heterocycles. The molecule has 0 atom stereocenters. The van der Waals surface area contributed by atoms with Crippen LogP contribution in [0.2, 0.25) is 5.02 Å². The Hall–Kier alpha value is -2.27. The van der Waals surface area contributed by atoms with E-state index < -0.39 is 11.9 Å². The molecule has 5 nitrogen and oxygen atoms in total. The second-order valence-corrected chi connectivity index (χ2v) is 4.98. The smallest absolute Gasteiger partial charge is 0.0624 e. The largest absolute Gasteiger partial charge is 0.550 e. The maximum absolute atomic E-state index is 10.9. The molecule has 0 radical (unpaired) electrons. The van der Waals surface area contributed by atoms with Gasteiger partial charge in [0.2, 0.25) is 0 Å². The summed E-state index contributed by atoms with van der Waals surface area (Å²) in [5.74, 6) is -2.42. The molecule has 0 aliphatic heterocycles. The first-order chi connectivity index (χ1) is 9.97. The average molecular weight is 306 g/mol. The minimum Gasteiger partial charge on any atom is -0.550 e. The normalized spacial score (nSPS) is 10.5. The molecule has 0 fully saturated rings. The fraction of sp³-hybridized carbons (Fsp3) is 0.200.